The van der Waals surface area contributed by atoms with E-state index in [4.69, 9.17) is 10.2 Å². The molecule has 0 aromatic carbocycles. The fourth-order valence-corrected chi connectivity index (χ4v) is 5.36. The molecule has 0 fully saturated rings. The van der Waals surface area contributed by atoms with Crippen LogP contribution in [0.4, 0.5) is 38.4 Å². The molecule has 0 aliphatic rings. The quantitative estimate of drug-likeness (QED) is 0.159. The van der Waals surface area contributed by atoms with Gasteiger partial charge in [-0.05, 0) is 6.92 Å². The molecule has 0 saturated carbocycles. The van der Waals surface area contributed by atoms with Crippen LogP contribution in [-0.4, -0.2) is 86.1 Å². The highest BCUT2D eigenvalue weighted by Crippen LogP contribution is 2.62. The van der Waals surface area contributed by atoms with Crippen molar-refractivity contribution >= 4 is 60.0 Å². The summed E-state index contributed by atoms with van der Waals surface area (Å²) in [6, 6.07) is 0. The maximum Gasteiger partial charge on any atom is 0.482 e. The van der Waals surface area contributed by atoms with Crippen LogP contribution in [-0.2, 0) is 0 Å². The minimum atomic E-state index is -5.12. The SMILES string of the molecule is CCNC(=O)[P+](C(=O)O)(C(=O)O)C(=O)NCNC(=O)[P+](C(=O)O)(C(=O)O)C(=O)NC. The van der Waals surface area contributed by atoms with Crippen molar-refractivity contribution in [3.63, 3.8) is 0 Å². The Morgan fingerprint density at radius 3 is 1.17 bits per heavy atom. The first-order valence-corrected chi connectivity index (χ1v) is 11.2. The van der Waals surface area contributed by atoms with Crippen LogP contribution in [0.2, 0.25) is 0 Å². The van der Waals surface area contributed by atoms with Gasteiger partial charge in [0.15, 0.2) is 0 Å². The van der Waals surface area contributed by atoms with Gasteiger partial charge in [-0.15, -0.1) is 0 Å². The highest BCUT2D eigenvalue weighted by Gasteiger charge is 2.73. The minimum absolute atomic E-state index is 0.207. The molecule has 0 atom stereocenters. The second-order valence-corrected chi connectivity index (χ2v) is 10.8. The van der Waals surface area contributed by atoms with Crippen LogP contribution in [0.3, 0.4) is 0 Å². The van der Waals surface area contributed by atoms with Gasteiger partial charge >= 0.3 is 60.0 Å². The van der Waals surface area contributed by atoms with Crippen LogP contribution in [0.1, 0.15) is 6.92 Å². The molecule has 0 aliphatic carbocycles. The lowest BCUT2D eigenvalue weighted by Crippen LogP contribution is -2.45. The van der Waals surface area contributed by atoms with Crippen molar-refractivity contribution < 1.29 is 58.8 Å². The Bertz CT molecular complexity index is 785. The third-order valence-corrected chi connectivity index (χ3v) is 8.82. The van der Waals surface area contributed by atoms with Crippen LogP contribution in [0.15, 0.2) is 0 Å². The fourth-order valence-electron chi connectivity index (χ4n) is 1.91. The van der Waals surface area contributed by atoms with Crippen LogP contribution in [0.25, 0.3) is 0 Å². The second kappa shape index (κ2) is 10.4. The number of carbonyl (C=O) groups is 8. The molecule has 0 aliphatic heterocycles. The van der Waals surface area contributed by atoms with Crippen LogP contribution in [0.5, 0.6) is 0 Å². The molecule has 0 saturated heterocycles. The standard InChI is InChI=1S/C12H16N4O12P2/c1-3-14-6(18)30(11(25)26,12(27)28)8(20)16-4-15-7(19)29(9(21)22,10(23)24)5(17)13-2/h3-4H2,1-2H3,(H6-2,13,14,15,16,17,18,19,20,21,22,23,24,25,26,27,28)/p+2. The van der Waals surface area contributed by atoms with Gasteiger partial charge in [0, 0.05) is 13.6 Å². The topological polar surface area (TPSA) is 266 Å². The third kappa shape index (κ3) is 4.44. The van der Waals surface area contributed by atoms with E-state index in [9.17, 15) is 48.6 Å². The summed E-state index contributed by atoms with van der Waals surface area (Å²) in [5, 5.41) is 43.6. The highest BCUT2D eigenvalue weighted by atomic mass is 31.2. The van der Waals surface area contributed by atoms with Crippen molar-refractivity contribution in [2.24, 2.45) is 0 Å². The van der Waals surface area contributed by atoms with Crippen molar-refractivity contribution in [3.05, 3.63) is 0 Å². The molecule has 0 aromatic heterocycles. The molecule has 0 radical (unpaired) electrons. The van der Waals surface area contributed by atoms with E-state index in [0.29, 0.717) is 0 Å². The molecule has 0 aromatic rings. The number of rotatable bonds is 11. The number of carbonyl (C=O) groups excluding carboxylic acids is 4. The number of amides is 4. The molecule has 166 valence electrons. The van der Waals surface area contributed by atoms with E-state index in [1.807, 2.05) is 5.32 Å². The maximum absolute atomic E-state index is 12.2. The van der Waals surface area contributed by atoms with Crippen molar-refractivity contribution in [1.29, 1.82) is 0 Å². The van der Waals surface area contributed by atoms with Gasteiger partial charge < -0.3 is 41.7 Å². The van der Waals surface area contributed by atoms with Gasteiger partial charge in [-0.1, -0.05) is 0 Å². The smallest absolute Gasteiger partial charge is 0.450 e. The Hall–Kier alpha value is -3.38. The van der Waals surface area contributed by atoms with Gasteiger partial charge in [0.1, 0.15) is 0 Å². The summed E-state index contributed by atoms with van der Waals surface area (Å²) >= 11 is 0. The summed E-state index contributed by atoms with van der Waals surface area (Å²) in [6.07, 6.45) is 0. The second-order valence-electron chi connectivity index (χ2n) is 5.00. The monoisotopic (exact) mass is 472 g/mol. The van der Waals surface area contributed by atoms with Crippen molar-refractivity contribution in [2.45, 2.75) is 6.92 Å². The van der Waals surface area contributed by atoms with E-state index in [1.54, 1.807) is 16.0 Å². The normalized spacial score (nSPS) is 10.9. The van der Waals surface area contributed by atoms with Gasteiger partial charge in [0.2, 0.25) is 0 Å². The zero-order valence-corrected chi connectivity index (χ0v) is 17.2. The summed E-state index contributed by atoms with van der Waals surface area (Å²) in [7, 11) is -9.36. The van der Waals surface area contributed by atoms with Gasteiger partial charge in [0.25, 0.3) is 0 Å². The minimum Gasteiger partial charge on any atom is -0.450 e. The molecule has 0 spiro atoms. The van der Waals surface area contributed by atoms with Crippen LogP contribution in [0, 0.1) is 0 Å². The molecule has 0 rings (SSSR count). The summed E-state index contributed by atoms with van der Waals surface area (Å²) in [5.74, 6) is 0. The van der Waals surface area contributed by atoms with E-state index in [1.165, 1.54) is 6.92 Å². The molecule has 4 amide bonds. The summed E-state index contributed by atoms with van der Waals surface area (Å²) in [5.41, 5.74) is -15.9. The summed E-state index contributed by atoms with van der Waals surface area (Å²) in [6.45, 7) is -0.0471. The Morgan fingerprint density at radius 2 is 0.900 bits per heavy atom. The van der Waals surface area contributed by atoms with Crippen LogP contribution >= 0.6 is 14.5 Å². The zero-order valence-electron chi connectivity index (χ0n) is 15.4. The third-order valence-electron chi connectivity index (χ3n) is 3.39. The number of hydrogen-bond acceptors (Lipinski definition) is 8. The largest absolute Gasteiger partial charge is 0.482 e. The van der Waals surface area contributed by atoms with Gasteiger partial charge in [-0.25, -0.2) is 38.4 Å². The molecule has 16 nitrogen and oxygen atoms in total. The fraction of sp³-hybridized carbons (Fsp3) is 0.333. The summed E-state index contributed by atoms with van der Waals surface area (Å²) < 4.78 is 0. The lowest BCUT2D eigenvalue weighted by Gasteiger charge is -2.15. The first kappa shape index (κ1) is 26.6. The molecule has 8 N–H and O–H groups in total. The molecular weight excluding hydrogens is 454 g/mol. The number of nitrogens with one attached hydrogen (secondary N) is 4. The highest BCUT2D eigenvalue weighted by molar-refractivity contribution is 8.25. The van der Waals surface area contributed by atoms with Crippen molar-refractivity contribution in [1.82, 2.24) is 21.3 Å². The lowest BCUT2D eigenvalue weighted by atomic mass is 10.8. The lowest BCUT2D eigenvalue weighted by molar-refractivity contribution is 0.209. The van der Waals surface area contributed by atoms with E-state index in [2.05, 4.69) is 0 Å². The first-order chi connectivity index (χ1) is 13.8. The first-order valence-electron chi connectivity index (χ1n) is 7.58. The zero-order chi connectivity index (χ0) is 23.9. The molecule has 0 unspecified atom stereocenters. The Morgan fingerprint density at radius 1 is 0.600 bits per heavy atom. The predicted molar refractivity (Wildman–Crippen MR) is 101 cm³/mol. The van der Waals surface area contributed by atoms with Gasteiger partial charge in [-0.2, -0.15) is 0 Å². The van der Waals surface area contributed by atoms with E-state index in [0.717, 1.165) is 7.05 Å². The predicted octanol–water partition coefficient (Wildman–Crippen LogP) is 2.18. The molecule has 0 heterocycles. The molecule has 18 heteroatoms. The van der Waals surface area contributed by atoms with Crippen molar-refractivity contribution in [2.75, 3.05) is 20.3 Å². The van der Waals surface area contributed by atoms with Crippen molar-refractivity contribution in [3.8, 4) is 0 Å². The summed E-state index contributed by atoms with van der Waals surface area (Å²) in [4.78, 5) is 93.7. The van der Waals surface area contributed by atoms with E-state index >= 15 is 0 Å². The Labute approximate surface area is 168 Å². The molecule has 30 heavy (non-hydrogen) atoms. The number of hydrogen-bond donors (Lipinski definition) is 8. The molecular formula is C12H18N4O12P2+2. The average Bonchev–Trinajstić information content (AvgIpc) is 2.61. The van der Waals surface area contributed by atoms with E-state index < -0.39 is 66.6 Å². The van der Waals surface area contributed by atoms with E-state index in [-0.39, 0.29) is 6.54 Å². The maximum atomic E-state index is 12.2. The molecule has 0 bridgehead atoms. The number of carboxylic acid groups (broad SMARTS) is 4. The van der Waals surface area contributed by atoms with Gasteiger partial charge in [-0.3, -0.25) is 0 Å². The van der Waals surface area contributed by atoms with Gasteiger partial charge in [0.05, 0.1) is 6.67 Å². The van der Waals surface area contributed by atoms with Crippen LogP contribution < -0.4 is 21.3 Å². The average molecular weight is 472 g/mol. The Kier molecular flexibility index (Phi) is 9.24. The Balaban J connectivity index is 5.77.